The van der Waals surface area contributed by atoms with Crippen molar-refractivity contribution in [1.29, 1.82) is 0 Å². The first-order chi connectivity index (χ1) is 11.4. The summed E-state index contributed by atoms with van der Waals surface area (Å²) in [4.78, 5) is 4.53. The minimum absolute atomic E-state index is 0.200. The second-order valence-corrected chi connectivity index (χ2v) is 6.50. The molecule has 128 valence electrons. The van der Waals surface area contributed by atoms with E-state index < -0.39 is 0 Å². The van der Waals surface area contributed by atoms with Gasteiger partial charge in [0.15, 0.2) is 0 Å². The number of benzene rings is 1. The van der Waals surface area contributed by atoms with Crippen molar-refractivity contribution in [1.82, 2.24) is 0 Å². The summed E-state index contributed by atoms with van der Waals surface area (Å²) in [5.74, 6) is -0.200. The van der Waals surface area contributed by atoms with Crippen LogP contribution in [0.2, 0.25) is 0 Å². The molecule has 0 saturated heterocycles. The minimum Gasteiger partial charge on any atom is -0.285 e. The van der Waals surface area contributed by atoms with Crippen LogP contribution < -0.4 is 0 Å². The number of halogens is 1. The monoisotopic (exact) mass is 343 g/mol. The molecule has 1 aromatic rings. The van der Waals surface area contributed by atoms with Crippen LogP contribution in [0, 0.1) is 12.7 Å². The summed E-state index contributed by atoms with van der Waals surface area (Å²) in [7, 11) is 2.60. The number of hydrogen-bond acceptors (Lipinski definition) is 1. The van der Waals surface area contributed by atoms with Crippen molar-refractivity contribution >= 4 is 20.3 Å². The van der Waals surface area contributed by atoms with E-state index >= 15 is 0 Å². The van der Waals surface area contributed by atoms with Crippen LogP contribution in [0.1, 0.15) is 38.3 Å². The van der Waals surface area contributed by atoms with Gasteiger partial charge in [-0.1, -0.05) is 59.2 Å². The zero-order valence-corrected chi connectivity index (χ0v) is 16.2. The number of nitrogens with zero attached hydrogens (tertiary/aromatic N) is 1. The molecule has 0 fully saturated rings. The van der Waals surface area contributed by atoms with E-state index in [0.29, 0.717) is 12.1 Å². The van der Waals surface area contributed by atoms with Crippen LogP contribution in [0.3, 0.4) is 0 Å². The molecule has 1 nitrogen and oxygen atoms in total. The van der Waals surface area contributed by atoms with Crippen LogP contribution in [0.4, 0.5) is 4.39 Å². The SMILES string of the molecule is C=C/C=C(\C=C/CC)C(/CN=C(C)P)=C(/C)c1c(C)cccc1F. The topological polar surface area (TPSA) is 12.4 Å². The molecule has 1 unspecified atom stereocenters. The number of hydrogen-bond donors (Lipinski definition) is 0. The molecule has 0 aliphatic carbocycles. The number of allylic oxidation sites excluding steroid dienone is 5. The Hall–Kier alpha value is -1.79. The molecule has 1 rings (SSSR count). The van der Waals surface area contributed by atoms with Crippen LogP contribution in [0.15, 0.2) is 65.2 Å². The Bertz CT molecular complexity index is 684. The van der Waals surface area contributed by atoms with Gasteiger partial charge in [-0.05, 0) is 55.5 Å². The summed E-state index contributed by atoms with van der Waals surface area (Å²) in [6.45, 7) is 12.2. The zero-order chi connectivity index (χ0) is 18.1. The highest BCUT2D eigenvalue weighted by atomic mass is 31.0. The van der Waals surface area contributed by atoms with Crippen LogP contribution in [0.25, 0.3) is 5.57 Å². The van der Waals surface area contributed by atoms with Crippen molar-refractivity contribution < 1.29 is 4.39 Å². The summed E-state index contributed by atoms with van der Waals surface area (Å²) in [5, 5.41) is 0. The largest absolute Gasteiger partial charge is 0.285 e. The molecule has 0 N–H and O–H groups in total. The van der Waals surface area contributed by atoms with E-state index in [1.54, 1.807) is 12.1 Å². The van der Waals surface area contributed by atoms with E-state index in [1.165, 1.54) is 6.07 Å². The Balaban J connectivity index is 3.61. The minimum atomic E-state index is -0.200. The van der Waals surface area contributed by atoms with Gasteiger partial charge in [-0.25, -0.2) is 4.39 Å². The maximum Gasteiger partial charge on any atom is 0.130 e. The van der Waals surface area contributed by atoms with Crippen molar-refractivity contribution in [3.63, 3.8) is 0 Å². The van der Waals surface area contributed by atoms with Crippen molar-refractivity contribution in [2.75, 3.05) is 6.54 Å². The molecule has 0 amide bonds. The van der Waals surface area contributed by atoms with Crippen molar-refractivity contribution in [2.45, 2.75) is 34.1 Å². The van der Waals surface area contributed by atoms with Gasteiger partial charge in [0, 0.05) is 11.0 Å². The van der Waals surface area contributed by atoms with Crippen molar-refractivity contribution in [3.8, 4) is 0 Å². The van der Waals surface area contributed by atoms with Gasteiger partial charge in [0.25, 0.3) is 0 Å². The lowest BCUT2D eigenvalue weighted by Crippen LogP contribution is -2.01. The first-order valence-corrected chi connectivity index (χ1v) is 8.71. The Labute approximate surface area is 148 Å². The molecule has 0 heterocycles. The molecule has 1 atom stereocenters. The fourth-order valence-corrected chi connectivity index (χ4v) is 2.61. The Morgan fingerprint density at radius 2 is 2.04 bits per heavy atom. The lowest BCUT2D eigenvalue weighted by Gasteiger charge is -2.15. The molecule has 0 aromatic heterocycles. The van der Waals surface area contributed by atoms with Crippen LogP contribution in [-0.4, -0.2) is 12.0 Å². The van der Waals surface area contributed by atoms with Gasteiger partial charge in [-0.3, -0.25) is 4.99 Å². The predicted molar refractivity (Wildman–Crippen MR) is 109 cm³/mol. The zero-order valence-electron chi connectivity index (χ0n) is 15.1. The smallest absolute Gasteiger partial charge is 0.130 e. The van der Waals surface area contributed by atoms with Crippen molar-refractivity contribution in [2.24, 2.45) is 4.99 Å². The van der Waals surface area contributed by atoms with E-state index in [1.807, 2.05) is 32.9 Å². The van der Waals surface area contributed by atoms with E-state index in [0.717, 1.165) is 34.2 Å². The summed E-state index contributed by atoms with van der Waals surface area (Å²) in [5.41, 5.74) is 5.44. The molecule has 0 aliphatic rings. The highest BCUT2D eigenvalue weighted by molar-refractivity contribution is 7.40. The van der Waals surface area contributed by atoms with E-state index in [9.17, 15) is 4.39 Å². The highest BCUT2D eigenvalue weighted by Gasteiger charge is 2.13. The number of aliphatic imine (C=N–C) groups is 1. The fraction of sp³-hybridized carbons (Fsp3) is 0.286. The van der Waals surface area contributed by atoms with Gasteiger partial charge in [0.1, 0.15) is 5.82 Å². The number of rotatable bonds is 7. The molecule has 24 heavy (non-hydrogen) atoms. The molecule has 0 radical (unpaired) electrons. The summed E-state index contributed by atoms with van der Waals surface area (Å²) >= 11 is 0. The molecule has 0 saturated carbocycles. The Kier molecular flexibility index (Phi) is 8.57. The van der Waals surface area contributed by atoms with Crippen molar-refractivity contribution in [3.05, 3.63) is 77.2 Å². The molecule has 3 heteroatoms. The lowest BCUT2D eigenvalue weighted by molar-refractivity contribution is 0.622. The highest BCUT2D eigenvalue weighted by Crippen LogP contribution is 2.29. The number of aryl methyl sites for hydroxylation is 1. The van der Waals surface area contributed by atoms with Gasteiger partial charge in [0.05, 0.1) is 6.54 Å². The van der Waals surface area contributed by atoms with E-state index in [-0.39, 0.29) is 5.82 Å². The first-order valence-electron chi connectivity index (χ1n) is 8.13. The van der Waals surface area contributed by atoms with Gasteiger partial charge in [-0.2, -0.15) is 0 Å². The third kappa shape index (κ3) is 5.69. The maximum absolute atomic E-state index is 14.4. The maximum atomic E-state index is 14.4. The van der Waals surface area contributed by atoms with Crippen LogP contribution >= 0.6 is 9.24 Å². The Morgan fingerprint density at radius 1 is 1.33 bits per heavy atom. The second-order valence-electron chi connectivity index (χ2n) is 5.66. The van der Waals surface area contributed by atoms with Gasteiger partial charge >= 0.3 is 0 Å². The Morgan fingerprint density at radius 3 is 2.58 bits per heavy atom. The molecule has 0 aliphatic heterocycles. The summed E-state index contributed by atoms with van der Waals surface area (Å²) < 4.78 is 14.4. The van der Waals surface area contributed by atoms with Gasteiger partial charge in [0.2, 0.25) is 0 Å². The molecule has 0 bridgehead atoms. The molecular weight excluding hydrogens is 316 g/mol. The third-order valence-corrected chi connectivity index (χ3v) is 3.90. The normalized spacial score (nSPS) is 14.1. The van der Waals surface area contributed by atoms with E-state index in [2.05, 4.69) is 39.9 Å². The predicted octanol–water partition coefficient (Wildman–Crippen LogP) is 6.28. The molecule has 1 aromatic carbocycles. The average molecular weight is 343 g/mol. The summed E-state index contributed by atoms with van der Waals surface area (Å²) in [6, 6.07) is 5.18. The van der Waals surface area contributed by atoms with Gasteiger partial charge in [-0.15, -0.1) is 0 Å². The average Bonchev–Trinajstić information content (AvgIpc) is 2.52. The lowest BCUT2D eigenvalue weighted by atomic mass is 9.92. The fourth-order valence-electron chi connectivity index (χ4n) is 2.52. The summed E-state index contributed by atoms with van der Waals surface area (Å²) in [6.07, 6.45) is 8.80. The van der Waals surface area contributed by atoms with Crippen LogP contribution in [-0.2, 0) is 0 Å². The third-order valence-electron chi connectivity index (χ3n) is 3.72. The standard InChI is InChI=1S/C21H27FNP/c1-6-8-12-18(10-7-2)19(14-23-17(5)24)16(4)21-15(3)11-9-13-20(21)22/h7-13H,2,6,14,24H2,1,3-5H3/b12-8-,18-10+,19-16-,23-17?. The second kappa shape index (κ2) is 10.2. The first kappa shape index (κ1) is 20.3. The van der Waals surface area contributed by atoms with E-state index in [4.69, 9.17) is 0 Å². The molecular formula is C21H27FNP. The van der Waals surface area contributed by atoms with Crippen LogP contribution in [0.5, 0.6) is 0 Å². The molecule has 0 spiro atoms. The van der Waals surface area contributed by atoms with Gasteiger partial charge < -0.3 is 0 Å². The quantitative estimate of drug-likeness (QED) is 0.314.